The molecule has 0 spiro atoms. The molecule has 1 aliphatic rings. The molecule has 4 nitrogen and oxygen atoms in total. The first kappa shape index (κ1) is 17.0. The Morgan fingerprint density at radius 1 is 1.12 bits per heavy atom. The molecule has 0 amide bonds. The number of allylic oxidation sites excluding steroid dienone is 1. The molecule has 4 heteroatoms. The van der Waals surface area contributed by atoms with Gasteiger partial charge < -0.3 is 14.6 Å². The van der Waals surface area contributed by atoms with Crippen molar-refractivity contribution < 1.29 is 19.4 Å². The summed E-state index contributed by atoms with van der Waals surface area (Å²) in [5.74, 6) is -1.66. The van der Waals surface area contributed by atoms with E-state index in [1.54, 1.807) is 12.2 Å². The van der Waals surface area contributed by atoms with Crippen LogP contribution in [0.25, 0.3) is 5.57 Å². The van der Waals surface area contributed by atoms with E-state index in [4.69, 9.17) is 9.47 Å². The Balaban J connectivity index is 2.01. The van der Waals surface area contributed by atoms with Crippen LogP contribution in [0.15, 0.2) is 72.3 Å². The van der Waals surface area contributed by atoms with E-state index in [0.717, 1.165) is 5.56 Å². The predicted molar refractivity (Wildman–Crippen MR) is 95.7 cm³/mol. The van der Waals surface area contributed by atoms with E-state index in [9.17, 15) is 9.90 Å². The van der Waals surface area contributed by atoms with E-state index in [1.807, 2.05) is 61.5 Å². The third kappa shape index (κ3) is 3.49. The molecule has 0 aromatic heterocycles. The van der Waals surface area contributed by atoms with Crippen LogP contribution in [0.1, 0.15) is 25.0 Å². The minimum atomic E-state index is -1.70. The Morgan fingerprint density at radius 3 is 2.52 bits per heavy atom. The summed E-state index contributed by atoms with van der Waals surface area (Å²) < 4.78 is 11.1. The van der Waals surface area contributed by atoms with Gasteiger partial charge in [-0.3, -0.25) is 0 Å². The molecule has 0 saturated carbocycles. The fourth-order valence-corrected chi connectivity index (χ4v) is 2.89. The maximum atomic E-state index is 12.1. The van der Waals surface area contributed by atoms with Crippen LogP contribution in [-0.2, 0) is 16.1 Å². The summed E-state index contributed by atoms with van der Waals surface area (Å²) in [6.45, 7) is 3.66. The zero-order valence-electron chi connectivity index (χ0n) is 14.2. The number of esters is 1. The van der Waals surface area contributed by atoms with Crippen molar-refractivity contribution >= 4 is 11.5 Å². The molecule has 0 radical (unpaired) electrons. The van der Waals surface area contributed by atoms with Gasteiger partial charge in [-0.25, -0.2) is 4.79 Å². The van der Waals surface area contributed by atoms with Crippen molar-refractivity contribution in [3.05, 3.63) is 83.4 Å². The average molecular weight is 336 g/mol. The Hall–Kier alpha value is -2.85. The molecule has 2 aromatic rings. The van der Waals surface area contributed by atoms with Crippen LogP contribution in [0.2, 0.25) is 0 Å². The Kier molecular flexibility index (Phi) is 4.72. The summed E-state index contributed by atoms with van der Waals surface area (Å²) in [6, 6.07) is 17.1. The lowest BCUT2D eigenvalue weighted by atomic mass is 9.94. The van der Waals surface area contributed by atoms with Crippen molar-refractivity contribution in [1.29, 1.82) is 0 Å². The first-order valence-corrected chi connectivity index (χ1v) is 8.12. The largest absolute Gasteiger partial charge is 0.488 e. The van der Waals surface area contributed by atoms with Crippen LogP contribution in [0.3, 0.4) is 0 Å². The quantitative estimate of drug-likeness (QED) is 0.843. The second-order valence-corrected chi connectivity index (χ2v) is 5.93. The highest BCUT2D eigenvalue weighted by Crippen LogP contribution is 2.42. The normalized spacial score (nSPS) is 20.2. The SMILES string of the molecule is C/C=C/C1=C(c2ccccc2OCc2ccccc2)C(C)(O)OC1=O. The van der Waals surface area contributed by atoms with E-state index in [2.05, 4.69) is 0 Å². The fourth-order valence-electron chi connectivity index (χ4n) is 2.89. The topological polar surface area (TPSA) is 55.8 Å². The molecule has 1 heterocycles. The van der Waals surface area contributed by atoms with Crippen molar-refractivity contribution in [1.82, 2.24) is 0 Å². The van der Waals surface area contributed by atoms with Crippen molar-refractivity contribution in [2.75, 3.05) is 0 Å². The summed E-state index contributed by atoms with van der Waals surface area (Å²) >= 11 is 0. The van der Waals surface area contributed by atoms with E-state index < -0.39 is 11.8 Å². The summed E-state index contributed by atoms with van der Waals surface area (Å²) in [5, 5.41) is 10.6. The van der Waals surface area contributed by atoms with Gasteiger partial charge in [0.1, 0.15) is 12.4 Å². The highest BCUT2D eigenvalue weighted by Gasteiger charge is 2.43. The highest BCUT2D eigenvalue weighted by molar-refractivity contribution is 6.06. The number of carbonyl (C=O) groups excluding carboxylic acids is 1. The van der Waals surface area contributed by atoms with Crippen LogP contribution in [0, 0.1) is 0 Å². The number of hydrogen-bond acceptors (Lipinski definition) is 4. The van der Waals surface area contributed by atoms with Gasteiger partial charge in [-0.15, -0.1) is 0 Å². The number of aliphatic hydroxyl groups is 1. The molecule has 0 saturated heterocycles. The van der Waals surface area contributed by atoms with Gasteiger partial charge in [0.05, 0.1) is 5.57 Å². The number of cyclic esters (lactones) is 1. The highest BCUT2D eigenvalue weighted by atomic mass is 16.7. The summed E-state index contributed by atoms with van der Waals surface area (Å²) in [5.41, 5.74) is 2.43. The summed E-state index contributed by atoms with van der Waals surface area (Å²) in [6.07, 6.45) is 3.39. The van der Waals surface area contributed by atoms with E-state index in [1.165, 1.54) is 6.92 Å². The predicted octanol–water partition coefficient (Wildman–Crippen LogP) is 3.86. The molecule has 128 valence electrons. The number of rotatable bonds is 5. The lowest BCUT2D eigenvalue weighted by Gasteiger charge is -2.21. The minimum absolute atomic E-state index is 0.336. The number of carbonyl (C=O) groups is 1. The van der Waals surface area contributed by atoms with Gasteiger partial charge in [0.25, 0.3) is 0 Å². The van der Waals surface area contributed by atoms with Crippen LogP contribution in [0.5, 0.6) is 5.75 Å². The van der Waals surface area contributed by atoms with Crippen LogP contribution in [0.4, 0.5) is 0 Å². The van der Waals surface area contributed by atoms with Crippen molar-refractivity contribution in [3.63, 3.8) is 0 Å². The molecule has 0 fully saturated rings. The molecule has 0 bridgehead atoms. The molecule has 25 heavy (non-hydrogen) atoms. The minimum Gasteiger partial charge on any atom is -0.488 e. The first-order chi connectivity index (χ1) is 12.0. The first-order valence-electron chi connectivity index (χ1n) is 8.12. The Bertz CT molecular complexity index is 832. The Labute approximate surface area is 147 Å². The van der Waals surface area contributed by atoms with E-state index >= 15 is 0 Å². The molecular formula is C21H20O4. The molecular weight excluding hydrogens is 316 g/mol. The van der Waals surface area contributed by atoms with Crippen LogP contribution >= 0.6 is 0 Å². The molecule has 1 atom stereocenters. The maximum absolute atomic E-state index is 12.1. The monoisotopic (exact) mass is 336 g/mol. The zero-order chi connectivity index (χ0) is 17.9. The third-order valence-electron chi connectivity index (χ3n) is 3.97. The Morgan fingerprint density at radius 2 is 1.80 bits per heavy atom. The van der Waals surface area contributed by atoms with Crippen LogP contribution in [-0.4, -0.2) is 16.9 Å². The average Bonchev–Trinajstić information content (AvgIpc) is 2.83. The van der Waals surface area contributed by atoms with E-state index in [0.29, 0.717) is 29.1 Å². The second kappa shape index (κ2) is 6.95. The number of para-hydroxylation sites is 1. The smallest absolute Gasteiger partial charge is 0.341 e. The standard InChI is InChI=1S/C21H20O4/c1-3-9-17-19(21(2,23)25-20(17)22)16-12-7-8-13-18(16)24-14-15-10-5-4-6-11-15/h3-13,23H,14H2,1-2H3/b9-3+. The van der Waals surface area contributed by atoms with Gasteiger partial charge in [-0.1, -0.05) is 60.7 Å². The van der Waals surface area contributed by atoms with Gasteiger partial charge in [0, 0.05) is 18.1 Å². The maximum Gasteiger partial charge on any atom is 0.341 e. The van der Waals surface area contributed by atoms with Gasteiger partial charge in [-0.2, -0.15) is 0 Å². The molecule has 1 N–H and O–H groups in total. The van der Waals surface area contributed by atoms with Gasteiger partial charge in [-0.05, 0) is 18.6 Å². The molecule has 3 rings (SSSR count). The lowest BCUT2D eigenvalue weighted by molar-refractivity contribution is -0.170. The zero-order valence-corrected chi connectivity index (χ0v) is 14.2. The molecule has 1 unspecified atom stereocenters. The molecule has 0 aliphatic carbocycles. The lowest BCUT2D eigenvalue weighted by Crippen LogP contribution is -2.26. The molecule has 1 aliphatic heterocycles. The summed E-state index contributed by atoms with van der Waals surface area (Å²) in [7, 11) is 0. The van der Waals surface area contributed by atoms with Crippen molar-refractivity contribution in [2.45, 2.75) is 26.2 Å². The van der Waals surface area contributed by atoms with Crippen LogP contribution < -0.4 is 4.74 Å². The number of ether oxygens (including phenoxy) is 2. The van der Waals surface area contributed by atoms with Gasteiger partial charge >= 0.3 is 5.97 Å². The van der Waals surface area contributed by atoms with Gasteiger partial charge in [0.2, 0.25) is 5.79 Å². The second-order valence-electron chi connectivity index (χ2n) is 5.93. The van der Waals surface area contributed by atoms with Crippen molar-refractivity contribution in [2.24, 2.45) is 0 Å². The third-order valence-corrected chi connectivity index (χ3v) is 3.97. The van der Waals surface area contributed by atoms with Gasteiger partial charge in [0.15, 0.2) is 0 Å². The van der Waals surface area contributed by atoms with Crippen molar-refractivity contribution in [3.8, 4) is 5.75 Å². The van der Waals surface area contributed by atoms with E-state index in [-0.39, 0.29) is 0 Å². The summed E-state index contributed by atoms with van der Waals surface area (Å²) in [4.78, 5) is 12.1. The molecule has 2 aromatic carbocycles. The fraction of sp³-hybridized carbons (Fsp3) is 0.190. The number of hydrogen-bond donors (Lipinski definition) is 1. The number of benzene rings is 2.